The predicted molar refractivity (Wildman–Crippen MR) is 189 cm³/mol. The number of fused-ring (bicyclic) bond motifs is 2. The number of ether oxygens (including phenoxy) is 1. The normalized spacial score (nSPS) is 21.1. The zero-order chi connectivity index (χ0) is 33.1. The first-order valence-electron chi connectivity index (χ1n) is 17.1. The van der Waals surface area contributed by atoms with Crippen LogP contribution >= 0.6 is 43.5 Å². The summed E-state index contributed by atoms with van der Waals surface area (Å²) in [6, 6.07) is 6.35. The zero-order valence-electron chi connectivity index (χ0n) is 27.0. The number of nitrogens with one attached hydrogen (secondary N) is 1. The van der Waals surface area contributed by atoms with Gasteiger partial charge in [0.1, 0.15) is 0 Å². The van der Waals surface area contributed by atoms with E-state index in [2.05, 4.69) is 54.2 Å². The Hall–Kier alpha value is -2.37. The van der Waals surface area contributed by atoms with Crippen molar-refractivity contribution in [1.29, 1.82) is 0 Å². The molecule has 1 aromatic carbocycles. The van der Waals surface area contributed by atoms with Gasteiger partial charge in [0.25, 0.3) is 0 Å². The summed E-state index contributed by atoms with van der Waals surface area (Å²) < 4.78 is 7.13. The maximum absolute atomic E-state index is 13.5. The molecule has 1 atom stereocenters. The average Bonchev–Trinajstić information content (AvgIpc) is 3.22. The van der Waals surface area contributed by atoms with Crippen LogP contribution in [0.2, 0.25) is 5.02 Å². The monoisotopic (exact) mass is 791 g/mol. The van der Waals surface area contributed by atoms with Crippen molar-refractivity contribution in [3.8, 4) is 0 Å². The molecule has 0 saturated carbocycles. The van der Waals surface area contributed by atoms with E-state index in [0.717, 1.165) is 84.1 Å². The van der Waals surface area contributed by atoms with E-state index in [-0.39, 0.29) is 30.0 Å². The fraction of sp³-hybridized carbons (Fsp3) is 0.600. The van der Waals surface area contributed by atoms with Crippen molar-refractivity contribution in [2.45, 2.75) is 76.7 Å². The number of urea groups is 1. The average molecular weight is 794 g/mol. The molecule has 254 valence electrons. The minimum atomic E-state index is -0.278. The summed E-state index contributed by atoms with van der Waals surface area (Å²) >= 11 is 14.0. The summed E-state index contributed by atoms with van der Waals surface area (Å²) in [6.45, 7) is 6.18. The van der Waals surface area contributed by atoms with Crippen molar-refractivity contribution in [3.63, 3.8) is 0 Å². The molecule has 1 aromatic heterocycles. The summed E-state index contributed by atoms with van der Waals surface area (Å²) in [7, 11) is 0. The Morgan fingerprint density at radius 3 is 2.26 bits per heavy atom. The highest BCUT2D eigenvalue weighted by molar-refractivity contribution is 9.10. The van der Waals surface area contributed by atoms with Crippen LogP contribution in [0.25, 0.3) is 0 Å². The maximum atomic E-state index is 13.5. The standard InChI is InChI=1S/C35H44Br2ClN5O4/c1-2-47-35(46)43-15-9-28(10-16-43)40-34(45)42-11-5-22(6-12-42)17-30(44)41-13-7-23(8-14-41)32-31-24(19-27(38)20-29(31)37)3-4-25-18-26(36)21-39-33(25)32/h18-23,28,32H,2-17H2,1H3,(H,40,45)/t32-/m1/s1. The van der Waals surface area contributed by atoms with Crippen LogP contribution in [-0.2, 0) is 22.4 Å². The molecule has 6 rings (SSSR count). The summed E-state index contributed by atoms with van der Waals surface area (Å²) in [5.41, 5.74) is 5.01. The van der Waals surface area contributed by atoms with E-state index in [1.54, 1.807) is 11.8 Å². The van der Waals surface area contributed by atoms with Crippen LogP contribution in [0.15, 0.2) is 33.3 Å². The molecule has 0 bridgehead atoms. The zero-order valence-corrected chi connectivity index (χ0v) is 30.9. The van der Waals surface area contributed by atoms with E-state index in [9.17, 15) is 14.4 Å². The van der Waals surface area contributed by atoms with Gasteiger partial charge in [0.05, 0.1) is 12.3 Å². The van der Waals surface area contributed by atoms with Crippen LogP contribution in [0.1, 0.15) is 80.2 Å². The van der Waals surface area contributed by atoms with Crippen LogP contribution in [0.4, 0.5) is 9.59 Å². The van der Waals surface area contributed by atoms with Crippen LogP contribution in [0, 0.1) is 11.8 Å². The lowest BCUT2D eigenvalue weighted by molar-refractivity contribution is -0.134. The molecule has 4 heterocycles. The van der Waals surface area contributed by atoms with Crippen LogP contribution in [-0.4, -0.2) is 89.6 Å². The van der Waals surface area contributed by atoms with E-state index >= 15 is 0 Å². The number of hydrogen-bond acceptors (Lipinski definition) is 5. The molecule has 4 aliphatic rings. The van der Waals surface area contributed by atoms with E-state index in [1.165, 1.54) is 16.7 Å². The largest absolute Gasteiger partial charge is 0.450 e. The molecule has 1 N–H and O–H groups in total. The number of pyridine rings is 1. The Morgan fingerprint density at radius 2 is 1.55 bits per heavy atom. The van der Waals surface area contributed by atoms with Crippen LogP contribution < -0.4 is 5.32 Å². The Morgan fingerprint density at radius 1 is 0.894 bits per heavy atom. The highest BCUT2D eigenvalue weighted by Crippen LogP contribution is 2.46. The lowest BCUT2D eigenvalue weighted by Crippen LogP contribution is -2.52. The smallest absolute Gasteiger partial charge is 0.409 e. The highest BCUT2D eigenvalue weighted by Gasteiger charge is 2.37. The van der Waals surface area contributed by atoms with Crippen molar-refractivity contribution in [2.75, 3.05) is 45.9 Å². The first kappa shape index (κ1) is 34.5. The van der Waals surface area contributed by atoms with Gasteiger partial charge in [0.15, 0.2) is 0 Å². The third-order valence-electron chi connectivity index (χ3n) is 10.5. The number of benzene rings is 1. The molecule has 0 radical (unpaired) electrons. The molecule has 3 saturated heterocycles. The molecule has 1 aliphatic carbocycles. The molecule has 0 unspecified atom stereocenters. The third-order valence-corrected chi connectivity index (χ3v) is 11.8. The summed E-state index contributed by atoms with van der Waals surface area (Å²) in [5, 5.41) is 3.91. The lowest BCUT2D eigenvalue weighted by Gasteiger charge is -2.38. The van der Waals surface area contributed by atoms with E-state index < -0.39 is 0 Å². The van der Waals surface area contributed by atoms with E-state index in [4.69, 9.17) is 21.3 Å². The second kappa shape index (κ2) is 15.5. The first-order valence-corrected chi connectivity index (χ1v) is 19.0. The SMILES string of the molecule is CCOC(=O)N1CCC(NC(=O)N2CCC(CC(=O)N3CCC([C@H]4c5ncc(Br)cc5CCc5cc(Cl)cc(Br)c54)CC3)CC2)CC1. The van der Waals surface area contributed by atoms with Crippen molar-refractivity contribution < 1.29 is 19.1 Å². The van der Waals surface area contributed by atoms with Gasteiger partial charge in [-0.05, 0) is 121 Å². The quantitative estimate of drug-likeness (QED) is 0.347. The van der Waals surface area contributed by atoms with Gasteiger partial charge in [-0.1, -0.05) is 27.5 Å². The Balaban J connectivity index is 0.991. The molecule has 47 heavy (non-hydrogen) atoms. The van der Waals surface area contributed by atoms with Gasteiger partial charge in [-0.2, -0.15) is 0 Å². The van der Waals surface area contributed by atoms with Crippen molar-refractivity contribution in [3.05, 3.63) is 60.7 Å². The number of aromatic nitrogens is 1. The fourth-order valence-electron chi connectivity index (χ4n) is 7.92. The molecule has 12 heteroatoms. The number of halogens is 3. The van der Waals surface area contributed by atoms with Crippen LogP contribution in [0.3, 0.4) is 0 Å². The fourth-order valence-corrected chi connectivity index (χ4v) is 9.41. The summed E-state index contributed by atoms with van der Waals surface area (Å²) in [5.74, 6) is 1.05. The number of amides is 4. The van der Waals surface area contributed by atoms with Crippen molar-refractivity contribution in [2.24, 2.45) is 11.8 Å². The third kappa shape index (κ3) is 8.10. The topological polar surface area (TPSA) is 95.1 Å². The minimum Gasteiger partial charge on any atom is -0.450 e. The Kier molecular flexibility index (Phi) is 11.3. The number of likely N-dealkylation sites (tertiary alicyclic amines) is 3. The number of aryl methyl sites for hydroxylation is 2. The maximum Gasteiger partial charge on any atom is 0.409 e. The highest BCUT2D eigenvalue weighted by atomic mass is 79.9. The first-order chi connectivity index (χ1) is 22.7. The predicted octanol–water partition coefficient (Wildman–Crippen LogP) is 7.16. The molecule has 4 amide bonds. The minimum absolute atomic E-state index is 0.0381. The van der Waals surface area contributed by atoms with E-state index in [1.807, 2.05) is 17.2 Å². The van der Waals surface area contributed by atoms with E-state index in [0.29, 0.717) is 51.0 Å². The molecular formula is C35H44Br2ClN5O4. The molecule has 9 nitrogen and oxygen atoms in total. The number of carbonyl (C=O) groups excluding carboxylic acids is 3. The van der Waals surface area contributed by atoms with Gasteiger partial charge in [-0.3, -0.25) is 9.78 Å². The molecule has 3 fully saturated rings. The molecule has 3 aliphatic heterocycles. The summed E-state index contributed by atoms with van der Waals surface area (Å²) in [6.07, 6.45) is 9.01. The van der Waals surface area contributed by atoms with Crippen LogP contribution in [0.5, 0.6) is 0 Å². The number of hydrogen-bond donors (Lipinski definition) is 1. The lowest BCUT2D eigenvalue weighted by atomic mass is 9.76. The second-order valence-corrected chi connectivity index (χ2v) is 15.6. The number of nitrogens with zero attached hydrogens (tertiary/aromatic N) is 4. The number of piperidine rings is 3. The van der Waals surface area contributed by atoms with Gasteiger partial charge in [-0.25, -0.2) is 9.59 Å². The van der Waals surface area contributed by atoms with Gasteiger partial charge in [0.2, 0.25) is 5.91 Å². The summed E-state index contributed by atoms with van der Waals surface area (Å²) in [4.78, 5) is 49.0. The van der Waals surface area contributed by atoms with Gasteiger partial charge in [-0.15, -0.1) is 0 Å². The molecule has 2 aromatic rings. The number of rotatable bonds is 5. The second-order valence-electron chi connectivity index (χ2n) is 13.4. The van der Waals surface area contributed by atoms with Gasteiger partial charge >= 0.3 is 12.1 Å². The molecule has 0 spiro atoms. The number of carbonyl (C=O) groups is 3. The van der Waals surface area contributed by atoms with Gasteiger partial charge < -0.3 is 24.8 Å². The van der Waals surface area contributed by atoms with Crippen molar-refractivity contribution in [1.82, 2.24) is 25.0 Å². The Labute approximate surface area is 299 Å². The molecular weight excluding hydrogens is 750 g/mol. The van der Waals surface area contributed by atoms with Gasteiger partial charge in [0, 0.05) is 77.8 Å². The van der Waals surface area contributed by atoms with Crippen molar-refractivity contribution >= 4 is 61.5 Å². The Bertz CT molecular complexity index is 1470.